The second-order valence-corrected chi connectivity index (χ2v) is 18.2. The molecule has 1 atom stereocenters. The summed E-state index contributed by atoms with van der Waals surface area (Å²) in [6.45, 7) is 6.33. The summed E-state index contributed by atoms with van der Waals surface area (Å²) in [5, 5.41) is 13.9. The molecule has 4 aromatic rings. The Balaban J connectivity index is 0.868. The maximum absolute atomic E-state index is 13.2. The number of amides is 4. The lowest BCUT2D eigenvalue weighted by Crippen LogP contribution is -2.52. The predicted octanol–water partition coefficient (Wildman–Crippen LogP) is 6.41. The minimum absolute atomic E-state index is 0.0384. The quantitative estimate of drug-likeness (QED) is 0.0482. The first-order valence-corrected chi connectivity index (χ1v) is 22.6. The molecule has 3 aromatic carbocycles. The molecular weight excluding hydrogens is 783 g/mol. The van der Waals surface area contributed by atoms with Crippen LogP contribution in [0.15, 0.2) is 71.8 Å². The van der Waals surface area contributed by atoms with Crippen LogP contribution in [0.5, 0.6) is 5.75 Å². The van der Waals surface area contributed by atoms with E-state index in [-0.39, 0.29) is 38.1 Å². The molecule has 0 saturated carbocycles. The number of halogens is 1. The molecule has 1 unspecified atom stereocenters. The SMILES string of the molecule is COc1cc(N2CCC(NC(=O)CCCSc3cccc4c3CN(C3CCC(=O)NC3=O)C4=O)CC2)ccc1Nc1ncc(Cl)c(Nc2ccccc2P(C)C)n1. The van der Waals surface area contributed by atoms with Gasteiger partial charge in [-0.25, -0.2) is 4.98 Å². The zero-order chi connectivity index (χ0) is 40.1. The number of rotatable bonds is 14. The number of aromatic nitrogens is 2. The van der Waals surface area contributed by atoms with Crippen molar-refractivity contribution >= 4 is 89.0 Å². The molecule has 4 amide bonds. The second kappa shape index (κ2) is 18.1. The van der Waals surface area contributed by atoms with E-state index in [1.54, 1.807) is 36.0 Å². The number of hydrogen-bond donors (Lipinski definition) is 4. The molecule has 57 heavy (non-hydrogen) atoms. The number of fused-ring (bicyclic) bond motifs is 1. The summed E-state index contributed by atoms with van der Waals surface area (Å²) < 4.78 is 5.77. The molecule has 0 aliphatic carbocycles. The fourth-order valence-electron chi connectivity index (χ4n) is 7.40. The Morgan fingerprint density at radius 1 is 1.02 bits per heavy atom. The molecule has 2 fully saturated rings. The van der Waals surface area contributed by atoms with Gasteiger partial charge in [0.05, 0.1) is 19.0 Å². The maximum Gasteiger partial charge on any atom is 0.255 e. The van der Waals surface area contributed by atoms with Gasteiger partial charge in [-0.2, -0.15) is 4.98 Å². The van der Waals surface area contributed by atoms with E-state index in [4.69, 9.17) is 16.3 Å². The van der Waals surface area contributed by atoms with E-state index in [0.29, 0.717) is 53.9 Å². The van der Waals surface area contributed by atoms with Crippen molar-refractivity contribution in [2.24, 2.45) is 0 Å². The summed E-state index contributed by atoms with van der Waals surface area (Å²) in [6.07, 6.45) is 4.88. The van der Waals surface area contributed by atoms with Crippen molar-refractivity contribution in [2.45, 2.75) is 62.0 Å². The lowest BCUT2D eigenvalue weighted by Gasteiger charge is -2.34. The van der Waals surface area contributed by atoms with Gasteiger partial charge in [0.25, 0.3) is 5.91 Å². The van der Waals surface area contributed by atoms with Crippen LogP contribution < -0.4 is 36.2 Å². The van der Waals surface area contributed by atoms with Crippen molar-refractivity contribution < 1.29 is 23.9 Å². The van der Waals surface area contributed by atoms with Crippen LogP contribution in [0.3, 0.4) is 0 Å². The zero-order valence-corrected chi connectivity index (χ0v) is 34.6. The Morgan fingerprint density at radius 2 is 1.82 bits per heavy atom. The Morgan fingerprint density at radius 3 is 2.60 bits per heavy atom. The number of anilines is 5. The predicted molar refractivity (Wildman–Crippen MR) is 227 cm³/mol. The van der Waals surface area contributed by atoms with Crippen molar-refractivity contribution in [2.75, 3.05) is 54.8 Å². The van der Waals surface area contributed by atoms with Gasteiger partial charge >= 0.3 is 0 Å². The highest BCUT2D eigenvalue weighted by Crippen LogP contribution is 2.36. The van der Waals surface area contributed by atoms with Crippen LogP contribution in [0.25, 0.3) is 0 Å². The van der Waals surface area contributed by atoms with Crippen LogP contribution in [-0.4, -0.2) is 89.9 Å². The van der Waals surface area contributed by atoms with Crippen molar-refractivity contribution in [3.05, 3.63) is 83.0 Å². The van der Waals surface area contributed by atoms with E-state index in [9.17, 15) is 19.2 Å². The monoisotopic (exact) mass is 828 g/mol. The summed E-state index contributed by atoms with van der Waals surface area (Å²) in [4.78, 5) is 64.1. The molecule has 4 N–H and O–H groups in total. The summed E-state index contributed by atoms with van der Waals surface area (Å²) in [5.41, 5.74) is 4.22. The van der Waals surface area contributed by atoms with Gasteiger partial charge in [0.15, 0.2) is 5.82 Å². The van der Waals surface area contributed by atoms with Crippen molar-refractivity contribution in [1.29, 1.82) is 0 Å². The first-order valence-electron chi connectivity index (χ1n) is 19.0. The van der Waals surface area contributed by atoms with Crippen molar-refractivity contribution in [3.63, 3.8) is 0 Å². The van der Waals surface area contributed by atoms with E-state index < -0.39 is 11.9 Å². The number of hydrogen-bond acceptors (Lipinski definition) is 11. The molecule has 298 valence electrons. The molecule has 7 rings (SSSR count). The molecule has 16 heteroatoms. The van der Waals surface area contributed by atoms with Crippen LogP contribution >= 0.6 is 31.3 Å². The maximum atomic E-state index is 13.2. The third-order valence-corrected chi connectivity index (χ3v) is 13.2. The molecule has 0 spiro atoms. The topological polar surface area (TPSA) is 158 Å². The smallest absolute Gasteiger partial charge is 0.255 e. The molecule has 2 saturated heterocycles. The highest BCUT2D eigenvalue weighted by atomic mass is 35.5. The number of methoxy groups -OCH3 is 1. The van der Waals surface area contributed by atoms with Gasteiger partial charge in [0.1, 0.15) is 16.8 Å². The molecular formula is C41H46ClN8O5PS. The van der Waals surface area contributed by atoms with Gasteiger partial charge < -0.3 is 30.5 Å². The number of carbonyl (C=O) groups excluding carboxylic acids is 4. The fraction of sp³-hybridized carbons (Fsp3) is 0.366. The lowest BCUT2D eigenvalue weighted by atomic mass is 10.0. The van der Waals surface area contributed by atoms with Crippen LogP contribution in [0.4, 0.5) is 28.8 Å². The van der Waals surface area contributed by atoms with E-state index >= 15 is 0 Å². The Labute approximate surface area is 342 Å². The number of benzene rings is 3. The number of nitrogens with zero attached hydrogens (tertiary/aromatic N) is 4. The molecule has 0 bridgehead atoms. The fourth-order valence-corrected chi connectivity index (χ4v) is 9.57. The minimum atomic E-state index is -0.644. The van der Waals surface area contributed by atoms with Crippen LogP contribution in [-0.2, 0) is 20.9 Å². The van der Waals surface area contributed by atoms with Crippen molar-refractivity contribution in [3.8, 4) is 5.75 Å². The Bertz CT molecular complexity index is 2170. The molecule has 13 nitrogen and oxygen atoms in total. The highest BCUT2D eigenvalue weighted by molar-refractivity contribution is 7.99. The number of nitrogens with one attached hydrogen (secondary N) is 4. The van der Waals surface area contributed by atoms with Gasteiger partial charge in [-0.3, -0.25) is 24.5 Å². The third kappa shape index (κ3) is 9.46. The number of carbonyl (C=O) groups is 4. The average molecular weight is 829 g/mol. The summed E-state index contributed by atoms with van der Waals surface area (Å²) >= 11 is 8.11. The Kier molecular flexibility index (Phi) is 12.8. The third-order valence-electron chi connectivity index (χ3n) is 10.4. The van der Waals surface area contributed by atoms with Gasteiger partial charge in [0, 0.05) is 66.4 Å². The Hall–Kier alpha value is -4.91. The number of para-hydroxylation sites is 1. The van der Waals surface area contributed by atoms with Crippen LogP contribution in [0.2, 0.25) is 5.02 Å². The number of piperidine rings is 2. The second-order valence-electron chi connectivity index (χ2n) is 14.4. The van der Waals surface area contributed by atoms with Gasteiger partial charge in [0.2, 0.25) is 23.7 Å². The number of ether oxygens (including phenoxy) is 1. The largest absolute Gasteiger partial charge is 0.494 e. The minimum Gasteiger partial charge on any atom is -0.494 e. The molecule has 3 aliphatic rings. The summed E-state index contributed by atoms with van der Waals surface area (Å²) in [7, 11) is 1.30. The van der Waals surface area contributed by atoms with Crippen LogP contribution in [0, 0.1) is 0 Å². The molecule has 3 aliphatic heterocycles. The van der Waals surface area contributed by atoms with Gasteiger partial charge in [-0.1, -0.05) is 43.8 Å². The standard InChI is InChI=1S/C41H46ClN8O5PS/c1-55-33-22-26(13-14-30(33)46-41-43-23-29(42)38(48-41)45-31-9-4-5-10-34(31)56(2)3)49-19-17-25(18-20-49)44-36(51)12-7-21-57-35-11-6-8-27-28(35)24-50(40(27)54)32-15-16-37(52)47-39(32)53/h4-6,8-11,13-14,22-23,25,32H,7,12,15-21,24H2,1-3H3,(H,44,51)(H,47,52,53)(H2,43,45,46,48). The first-order chi connectivity index (χ1) is 27.6. The number of thioether (sulfide) groups is 1. The van der Waals surface area contributed by atoms with Gasteiger partial charge in [-0.15, -0.1) is 11.8 Å². The average Bonchev–Trinajstić information content (AvgIpc) is 3.54. The van der Waals surface area contributed by atoms with Gasteiger partial charge in [-0.05, 0) is 86.0 Å². The highest BCUT2D eigenvalue weighted by Gasteiger charge is 2.39. The summed E-state index contributed by atoms with van der Waals surface area (Å²) in [6, 6.07) is 19.2. The normalized spacial score (nSPS) is 17.1. The van der Waals surface area contributed by atoms with Crippen LogP contribution in [0.1, 0.15) is 54.4 Å². The van der Waals surface area contributed by atoms with Crippen molar-refractivity contribution in [1.82, 2.24) is 25.5 Å². The zero-order valence-electron chi connectivity index (χ0n) is 32.1. The lowest BCUT2D eigenvalue weighted by molar-refractivity contribution is -0.137. The molecule has 1 aromatic heterocycles. The van der Waals surface area contributed by atoms with E-state index in [0.717, 1.165) is 59.2 Å². The van der Waals surface area contributed by atoms with E-state index in [1.807, 2.05) is 48.5 Å². The molecule has 4 heterocycles. The van der Waals surface area contributed by atoms with E-state index in [2.05, 4.69) is 55.5 Å². The number of imide groups is 1. The summed E-state index contributed by atoms with van der Waals surface area (Å²) in [5.74, 6) is 1.40. The van der Waals surface area contributed by atoms with E-state index in [1.165, 1.54) is 5.30 Å². The first kappa shape index (κ1) is 40.3. The molecule has 0 radical (unpaired) electrons.